The van der Waals surface area contributed by atoms with Crippen molar-refractivity contribution in [3.05, 3.63) is 34.3 Å². The summed E-state index contributed by atoms with van der Waals surface area (Å²) in [6, 6.07) is 7.51. The minimum atomic E-state index is -0.404. The highest BCUT2D eigenvalue weighted by atomic mass is 79.9. The van der Waals surface area contributed by atoms with E-state index in [1.54, 1.807) is 0 Å². The summed E-state index contributed by atoms with van der Waals surface area (Å²) in [7, 11) is 0. The van der Waals surface area contributed by atoms with Gasteiger partial charge in [0.15, 0.2) is 6.29 Å². The second kappa shape index (κ2) is 9.74. The second-order valence-corrected chi connectivity index (χ2v) is 4.85. The Morgan fingerprint density at radius 3 is 2.45 bits per heavy atom. The van der Waals surface area contributed by atoms with Gasteiger partial charge in [0.1, 0.15) is 0 Å². The van der Waals surface area contributed by atoms with E-state index in [2.05, 4.69) is 26.6 Å². The van der Waals surface area contributed by atoms with Crippen LogP contribution in [-0.4, -0.2) is 32.1 Å². The van der Waals surface area contributed by atoms with E-state index < -0.39 is 6.29 Å². The zero-order valence-corrected chi connectivity index (χ0v) is 13.4. The van der Waals surface area contributed by atoms with Gasteiger partial charge in [0.05, 0.1) is 6.54 Å². The molecule has 20 heavy (non-hydrogen) atoms. The van der Waals surface area contributed by atoms with E-state index in [9.17, 15) is 4.79 Å². The fourth-order valence-corrected chi connectivity index (χ4v) is 2.02. The van der Waals surface area contributed by atoms with E-state index in [-0.39, 0.29) is 6.03 Å². The number of ether oxygens (including phenoxy) is 2. The van der Waals surface area contributed by atoms with Crippen LogP contribution < -0.4 is 10.6 Å². The van der Waals surface area contributed by atoms with Gasteiger partial charge in [-0.1, -0.05) is 34.1 Å². The molecule has 0 saturated heterocycles. The second-order valence-electron chi connectivity index (χ2n) is 4.00. The number of urea groups is 1. The predicted octanol–water partition coefficient (Wildman–Crippen LogP) is 2.65. The average Bonchev–Trinajstić information content (AvgIpc) is 2.44. The van der Waals surface area contributed by atoms with Crippen molar-refractivity contribution in [2.75, 3.05) is 19.8 Å². The lowest BCUT2D eigenvalue weighted by Gasteiger charge is -2.17. The molecule has 2 N–H and O–H groups in total. The standard InChI is InChI=1S/C14H21BrN2O3/c1-3-19-13(20-4-2)10-17-14(18)16-9-11-7-5-6-8-12(11)15/h5-8,13H,3-4,9-10H2,1-2H3,(H2,16,17,18). The molecular formula is C14H21BrN2O3. The van der Waals surface area contributed by atoms with E-state index in [1.165, 1.54) is 0 Å². The Kier molecular flexibility index (Phi) is 8.25. The normalized spacial score (nSPS) is 10.6. The summed E-state index contributed by atoms with van der Waals surface area (Å²) in [5, 5.41) is 5.51. The van der Waals surface area contributed by atoms with Crippen LogP contribution in [-0.2, 0) is 16.0 Å². The number of carbonyl (C=O) groups is 1. The van der Waals surface area contributed by atoms with Gasteiger partial charge in [0.2, 0.25) is 0 Å². The van der Waals surface area contributed by atoms with Gasteiger partial charge in [0.25, 0.3) is 0 Å². The first-order chi connectivity index (χ1) is 9.67. The first kappa shape index (κ1) is 16.9. The van der Waals surface area contributed by atoms with Gasteiger partial charge >= 0.3 is 6.03 Å². The van der Waals surface area contributed by atoms with Gasteiger partial charge in [-0.05, 0) is 25.5 Å². The van der Waals surface area contributed by atoms with Crippen molar-refractivity contribution in [3.63, 3.8) is 0 Å². The number of halogens is 1. The van der Waals surface area contributed by atoms with Crippen LogP contribution in [0.15, 0.2) is 28.7 Å². The molecule has 112 valence electrons. The van der Waals surface area contributed by atoms with Crippen molar-refractivity contribution in [2.24, 2.45) is 0 Å². The minimum Gasteiger partial charge on any atom is -0.351 e. The molecular weight excluding hydrogens is 324 g/mol. The maximum atomic E-state index is 11.7. The summed E-state index contributed by atoms with van der Waals surface area (Å²) >= 11 is 3.44. The molecule has 0 aliphatic carbocycles. The minimum absolute atomic E-state index is 0.245. The molecule has 0 saturated carbocycles. The molecule has 0 aliphatic heterocycles. The van der Waals surface area contributed by atoms with Crippen LogP contribution in [0.3, 0.4) is 0 Å². The van der Waals surface area contributed by atoms with Gasteiger partial charge in [0, 0.05) is 24.2 Å². The molecule has 0 radical (unpaired) electrons. The highest BCUT2D eigenvalue weighted by molar-refractivity contribution is 9.10. The highest BCUT2D eigenvalue weighted by Crippen LogP contribution is 2.15. The van der Waals surface area contributed by atoms with Crippen molar-refractivity contribution in [2.45, 2.75) is 26.7 Å². The quantitative estimate of drug-likeness (QED) is 0.712. The molecule has 0 unspecified atom stereocenters. The predicted molar refractivity (Wildman–Crippen MR) is 81.4 cm³/mol. The lowest BCUT2D eigenvalue weighted by atomic mass is 10.2. The van der Waals surface area contributed by atoms with Crippen LogP contribution in [0.4, 0.5) is 4.79 Å². The van der Waals surface area contributed by atoms with Crippen LogP contribution >= 0.6 is 15.9 Å². The molecule has 6 heteroatoms. The fourth-order valence-electron chi connectivity index (χ4n) is 1.59. The van der Waals surface area contributed by atoms with Crippen molar-refractivity contribution in [3.8, 4) is 0 Å². The topological polar surface area (TPSA) is 59.6 Å². The van der Waals surface area contributed by atoms with Gasteiger partial charge in [-0.3, -0.25) is 0 Å². The third-order valence-corrected chi connectivity index (χ3v) is 3.31. The number of rotatable bonds is 8. The summed E-state index contributed by atoms with van der Waals surface area (Å²) in [5.74, 6) is 0. The zero-order chi connectivity index (χ0) is 14.8. The van der Waals surface area contributed by atoms with Gasteiger partial charge in [-0.25, -0.2) is 4.79 Å². The number of hydrogen-bond acceptors (Lipinski definition) is 3. The molecule has 5 nitrogen and oxygen atoms in total. The Morgan fingerprint density at radius 1 is 1.20 bits per heavy atom. The van der Waals surface area contributed by atoms with Crippen molar-refractivity contribution < 1.29 is 14.3 Å². The van der Waals surface area contributed by atoms with Crippen molar-refractivity contribution >= 4 is 22.0 Å². The van der Waals surface area contributed by atoms with E-state index >= 15 is 0 Å². The maximum absolute atomic E-state index is 11.7. The van der Waals surface area contributed by atoms with Crippen LogP contribution in [0.2, 0.25) is 0 Å². The first-order valence-electron chi connectivity index (χ1n) is 6.65. The number of amides is 2. The lowest BCUT2D eigenvalue weighted by molar-refractivity contribution is -0.131. The SMILES string of the molecule is CCOC(CNC(=O)NCc1ccccc1Br)OCC. The summed E-state index contributed by atoms with van der Waals surface area (Å²) in [5.41, 5.74) is 1.02. The number of carbonyl (C=O) groups excluding carboxylic acids is 1. The Labute approximate surface area is 128 Å². The van der Waals surface area contributed by atoms with Crippen molar-refractivity contribution in [1.29, 1.82) is 0 Å². The monoisotopic (exact) mass is 344 g/mol. The third kappa shape index (κ3) is 6.36. The number of benzene rings is 1. The fraction of sp³-hybridized carbons (Fsp3) is 0.500. The van der Waals surface area contributed by atoms with Crippen LogP contribution in [0, 0.1) is 0 Å². The Hall–Kier alpha value is -1.11. The van der Waals surface area contributed by atoms with Gasteiger partial charge < -0.3 is 20.1 Å². The van der Waals surface area contributed by atoms with Gasteiger partial charge in [-0.2, -0.15) is 0 Å². The summed E-state index contributed by atoms with van der Waals surface area (Å²) in [6.07, 6.45) is -0.404. The molecule has 0 heterocycles. The van der Waals surface area contributed by atoms with E-state index in [0.717, 1.165) is 10.0 Å². The molecule has 2 amide bonds. The lowest BCUT2D eigenvalue weighted by Crippen LogP contribution is -2.41. The highest BCUT2D eigenvalue weighted by Gasteiger charge is 2.09. The zero-order valence-electron chi connectivity index (χ0n) is 11.8. The molecule has 0 spiro atoms. The summed E-state index contributed by atoms with van der Waals surface area (Å²) < 4.78 is 11.7. The molecule has 0 fully saturated rings. The van der Waals surface area contributed by atoms with E-state index in [0.29, 0.717) is 26.3 Å². The molecule has 1 rings (SSSR count). The largest absolute Gasteiger partial charge is 0.351 e. The average molecular weight is 345 g/mol. The number of hydrogen-bond donors (Lipinski definition) is 2. The van der Waals surface area contributed by atoms with Gasteiger partial charge in [-0.15, -0.1) is 0 Å². The summed E-state index contributed by atoms with van der Waals surface area (Å²) in [6.45, 7) is 5.65. The maximum Gasteiger partial charge on any atom is 0.315 e. The third-order valence-electron chi connectivity index (χ3n) is 2.53. The molecule has 1 aromatic carbocycles. The Balaban J connectivity index is 2.31. The van der Waals surface area contributed by atoms with E-state index in [4.69, 9.17) is 9.47 Å². The molecule has 1 aromatic rings. The molecule has 0 aliphatic rings. The van der Waals surface area contributed by atoms with E-state index in [1.807, 2.05) is 38.1 Å². The van der Waals surface area contributed by atoms with Crippen molar-refractivity contribution in [1.82, 2.24) is 10.6 Å². The molecule has 0 bridgehead atoms. The molecule has 0 atom stereocenters. The first-order valence-corrected chi connectivity index (χ1v) is 7.45. The number of nitrogens with one attached hydrogen (secondary N) is 2. The smallest absolute Gasteiger partial charge is 0.315 e. The Morgan fingerprint density at radius 2 is 1.85 bits per heavy atom. The van der Waals surface area contributed by atoms with Crippen LogP contribution in [0.25, 0.3) is 0 Å². The Bertz CT molecular complexity index is 409. The van der Waals surface area contributed by atoms with Crippen LogP contribution in [0.1, 0.15) is 19.4 Å². The summed E-state index contributed by atoms with van der Waals surface area (Å²) in [4.78, 5) is 11.7. The van der Waals surface area contributed by atoms with Crippen LogP contribution in [0.5, 0.6) is 0 Å². The molecule has 0 aromatic heterocycles.